The molecule has 2 aliphatic heterocycles. The number of nitrogens with zero attached hydrogens (tertiary/aromatic N) is 1. The van der Waals surface area contributed by atoms with E-state index in [9.17, 15) is 8.78 Å². The first-order chi connectivity index (χ1) is 20.3. The van der Waals surface area contributed by atoms with Crippen molar-refractivity contribution in [3.63, 3.8) is 0 Å². The van der Waals surface area contributed by atoms with Crippen molar-refractivity contribution in [3.05, 3.63) is 94.6 Å². The Kier molecular flexibility index (Phi) is 8.46. The van der Waals surface area contributed by atoms with Gasteiger partial charge in [0.05, 0.1) is 18.7 Å². The Bertz CT molecular complexity index is 1350. The molecule has 1 spiro atoms. The number of rotatable bonds is 8. The summed E-state index contributed by atoms with van der Waals surface area (Å²) in [6.45, 7) is 3.66. The lowest BCUT2D eigenvalue weighted by molar-refractivity contribution is 0.0443. The van der Waals surface area contributed by atoms with E-state index in [1.165, 1.54) is 17.0 Å². The molecule has 3 aromatic carbocycles. The number of benzene rings is 3. The zero-order valence-corrected chi connectivity index (χ0v) is 23.9. The van der Waals surface area contributed by atoms with Gasteiger partial charge < -0.3 is 14.8 Å². The van der Waals surface area contributed by atoms with Crippen LogP contribution in [0.5, 0.6) is 11.5 Å². The number of nitrogens with one attached hydrogen (secondary N) is 1. The minimum atomic E-state index is -2.65. The monoisotopic (exact) mass is 582 g/mol. The van der Waals surface area contributed by atoms with Crippen LogP contribution in [0.2, 0.25) is 0 Å². The molecule has 1 saturated heterocycles. The number of ether oxygens (including phenoxy) is 2. The number of hydrogen-bond acceptors (Lipinski definition) is 4. The Morgan fingerprint density at radius 3 is 2.36 bits per heavy atom. The van der Waals surface area contributed by atoms with Crippen LogP contribution in [0, 0.1) is 17.0 Å². The largest absolute Gasteiger partial charge is 0.490 e. The Balaban J connectivity index is 1.25. The van der Waals surface area contributed by atoms with Gasteiger partial charge in [-0.2, -0.15) is 0 Å². The van der Waals surface area contributed by atoms with Crippen LogP contribution in [0.15, 0.2) is 60.7 Å². The fraction of sp³-hybridized carbons (Fsp3) is 0.471. The fourth-order valence-electron chi connectivity index (χ4n) is 7.12. The maximum Gasteiger partial charge on any atom is 0.251 e. The molecule has 0 amide bonds. The fourth-order valence-corrected chi connectivity index (χ4v) is 7.12. The van der Waals surface area contributed by atoms with E-state index >= 15 is 8.78 Å². The maximum atomic E-state index is 15.8. The number of alkyl halides is 2. The van der Waals surface area contributed by atoms with Gasteiger partial charge >= 0.3 is 0 Å². The summed E-state index contributed by atoms with van der Waals surface area (Å²) in [6.07, 6.45) is 2.63. The quantitative estimate of drug-likeness (QED) is 0.280. The Hall–Kier alpha value is -3.10. The summed E-state index contributed by atoms with van der Waals surface area (Å²) in [6, 6.07) is 16.2. The van der Waals surface area contributed by atoms with Gasteiger partial charge in [-0.3, -0.25) is 4.90 Å². The predicted octanol–water partition coefficient (Wildman–Crippen LogP) is 7.45. The SMILES string of the molecule is C[C@@H]1Cc2cc(OCc3ccccc3)ccc2C(c2c(F)cc(OC3CCC4(CCNC4)CC3)cc2F)N1CC(F)F. The topological polar surface area (TPSA) is 33.7 Å². The first-order valence-electron chi connectivity index (χ1n) is 15.0. The second-order valence-electron chi connectivity index (χ2n) is 12.2. The molecule has 1 saturated carbocycles. The van der Waals surface area contributed by atoms with Crippen molar-refractivity contribution >= 4 is 0 Å². The normalized spacial score (nSPS) is 26.0. The molecule has 42 heavy (non-hydrogen) atoms. The van der Waals surface area contributed by atoms with Gasteiger partial charge in [0.25, 0.3) is 6.43 Å². The van der Waals surface area contributed by atoms with Crippen LogP contribution in [0.4, 0.5) is 17.6 Å². The van der Waals surface area contributed by atoms with Crippen molar-refractivity contribution in [2.24, 2.45) is 5.41 Å². The highest BCUT2D eigenvalue weighted by Gasteiger charge is 2.40. The summed E-state index contributed by atoms with van der Waals surface area (Å²) >= 11 is 0. The lowest BCUT2D eigenvalue weighted by Crippen LogP contribution is -2.45. The highest BCUT2D eigenvalue weighted by molar-refractivity contribution is 5.46. The molecule has 1 aliphatic carbocycles. The second kappa shape index (κ2) is 12.3. The first-order valence-corrected chi connectivity index (χ1v) is 15.0. The standard InChI is InChI=1S/C34H38F4N2O2/c1-22-15-24-16-26(41-20-23-5-3-2-4-6-23)7-8-28(24)33(40(22)19-31(37)38)32-29(35)17-27(18-30(32)36)42-25-9-11-34(12-10-25)13-14-39-21-34/h2-8,16-18,22,25,31,33,39H,9-15,19-21H2,1H3/t22-,25?,33?,34?/m1/s1. The highest BCUT2D eigenvalue weighted by Crippen LogP contribution is 2.44. The molecule has 2 atom stereocenters. The summed E-state index contributed by atoms with van der Waals surface area (Å²) in [5, 5.41) is 3.44. The summed E-state index contributed by atoms with van der Waals surface area (Å²) in [5.74, 6) is -0.802. The van der Waals surface area contributed by atoms with Crippen molar-refractivity contribution in [1.29, 1.82) is 0 Å². The zero-order valence-electron chi connectivity index (χ0n) is 23.9. The minimum absolute atomic E-state index is 0.0963. The van der Waals surface area contributed by atoms with Crippen molar-refractivity contribution < 1.29 is 27.0 Å². The Labute approximate surface area is 245 Å². The molecule has 224 valence electrons. The molecule has 3 aromatic rings. The summed E-state index contributed by atoms with van der Waals surface area (Å²) in [4.78, 5) is 1.51. The van der Waals surface area contributed by atoms with E-state index < -0.39 is 30.6 Å². The van der Waals surface area contributed by atoms with Gasteiger partial charge in [-0.25, -0.2) is 17.6 Å². The average Bonchev–Trinajstić information content (AvgIpc) is 3.42. The van der Waals surface area contributed by atoms with Gasteiger partial charge in [-0.1, -0.05) is 36.4 Å². The second-order valence-corrected chi connectivity index (χ2v) is 12.2. The lowest BCUT2D eigenvalue weighted by atomic mass is 9.72. The molecular formula is C34H38F4N2O2. The summed E-state index contributed by atoms with van der Waals surface area (Å²) in [7, 11) is 0. The van der Waals surface area contributed by atoms with E-state index in [4.69, 9.17) is 9.47 Å². The van der Waals surface area contributed by atoms with Gasteiger partial charge in [-0.05, 0) is 86.2 Å². The summed E-state index contributed by atoms with van der Waals surface area (Å²) in [5.41, 5.74) is 2.55. The molecule has 4 nitrogen and oxygen atoms in total. The van der Waals surface area contributed by atoms with Gasteiger partial charge in [-0.15, -0.1) is 0 Å². The minimum Gasteiger partial charge on any atom is -0.490 e. The summed E-state index contributed by atoms with van der Waals surface area (Å²) < 4.78 is 71.2. The van der Waals surface area contributed by atoms with Crippen LogP contribution in [-0.2, 0) is 13.0 Å². The van der Waals surface area contributed by atoms with Gasteiger partial charge in [0, 0.05) is 30.3 Å². The molecule has 0 bridgehead atoms. The number of halogens is 4. The van der Waals surface area contributed by atoms with Crippen molar-refractivity contribution in [1.82, 2.24) is 10.2 Å². The van der Waals surface area contributed by atoms with E-state index in [0.717, 1.165) is 56.3 Å². The third-order valence-corrected chi connectivity index (χ3v) is 9.37. The molecule has 1 N–H and O–H groups in total. The Morgan fingerprint density at radius 1 is 0.952 bits per heavy atom. The van der Waals surface area contributed by atoms with Crippen molar-refractivity contribution in [2.45, 2.75) is 76.7 Å². The molecule has 8 heteroatoms. The van der Waals surface area contributed by atoms with Crippen LogP contribution in [-0.4, -0.2) is 43.1 Å². The van der Waals surface area contributed by atoms with E-state index in [2.05, 4.69) is 5.32 Å². The molecule has 6 rings (SSSR count). The average molecular weight is 583 g/mol. The van der Waals surface area contributed by atoms with E-state index in [-0.39, 0.29) is 23.5 Å². The van der Waals surface area contributed by atoms with E-state index in [1.807, 2.05) is 43.3 Å². The van der Waals surface area contributed by atoms with Crippen LogP contribution in [0.3, 0.4) is 0 Å². The van der Waals surface area contributed by atoms with E-state index in [1.54, 1.807) is 12.1 Å². The van der Waals surface area contributed by atoms with Crippen LogP contribution in [0.1, 0.15) is 67.3 Å². The lowest BCUT2D eigenvalue weighted by Gasteiger charge is -2.42. The third-order valence-electron chi connectivity index (χ3n) is 9.37. The third kappa shape index (κ3) is 6.16. The predicted molar refractivity (Wildman–Crippen MR) is 154 cm³/mol. The molecular weight excluding hydrogens is 544 g/mol. The molecule has 0 aromatic heterocycles. The number of fused-ring (bicyclic) bond motifs is 1. The molecule has 0 radical (unpaired) electrons. The molecule has 2 fully saturated rings. The number of hydrogen-bond donors (Lipinski definition) is 1. The molecule has 1 unspecified atom stereocenters. The maximum absolute atomic E-state index is 15.8. The van der Waals surface area contributed by atoms with Crippen LogP contribution >= 0.6 is 0 Å². The molecule has 3 aliphatic rings. The molecule has 2 heterocycles. The first kappa shape index (κ1) is 29.0. The van der Waals surface area contributed by atoms with Gasteiger partial charge in [0.15, 0.2) is 0 Å². The van der Waals surface area contributed by atoms with E-state index in [0.29, 0.717) is 29.8 Å². The van der Waals surface area contributed by atoms with Crippen molar-refractivity contribution in [3.8, 4) is 11.5 Å². The van der Waals surface area contributed by atoms with Crippen molar-refractivity contribution in [2.75, 3.05) is 19.6 Å². The van der Waals surface area contributed by atoms with Gasteiger partial charge in [0.1, 0.15) is 29.7 Å². The highest BCUT2D eigenvalue weighted by atomic mass is 19.3. The van der Waals surface area contributed by atoms with Crippen LogP contribution in [0.25, 0.3) is 0 Å². The Morgan fingerprint density at radius 2 is 1.69 bits per heavy atom. The zero-order chi connectivity index (χ0) is 29.3. The smallest absolute Gasteiger partial charge is 0.251 e. The van der Waals surface area contributed by atoms with Crippen LogP contribution < -0.4 is 14.8 Å². The van der Waals surface area contributed by atoms with Gasteiger partial charge in [0.2, 0.25) is 0 Å².